The van der Waals surface area contributed by atoms with Gasteiger partial charge >= 0.3 is 5.97 Å². The van der Waals surface area contributed by atoms with E-state index in [9.17, 15) is 4.79 Å². The third kappa shape index (κ3) is 3.60. The number of ether oxygens (including phenoxy) is 2. The largest absolute Gasteiger partial charge is 0.480 e. The average molecular weight is 290 g/mol. The Hall–Kier alpha value is -1.91. The zero-order valence-corrected chi connectivity index (χ0v) is 12.9. The molecular weight excluding hydrogens is 268 g/mol. The van der Waals surface area contributed by atoms with E-state index in [1.54, 1.807) is 7.11 Å². The molecule has 0 saturated heterocycles. The van der Waals surface area contributed by atoms with E-state index in [0.717, 1.165) is 36.1 Å². The number of hydrogen-bond donors (Lipinski definition) is 0. The van der Waals surface area contributed by atoms with Crippen LogP contribution in [0.1, 0.15) is 44.4 Å². The molecule has 0 radical (unpaired) electrons. The number of nitrogens with zero attached hydrogens (tertiary/aromatic N) is 2. The van der Waals surface area contributed by atoms with E-state index in [-0.39, 0.29) is 11.9 Å². The van der Waals surface area contributed by atoms with Gasteiger partial charge in [-0.1, -0.05) is 13.0 Å². The molecule has 1 heterocycles. The Bertz CT molecular complexity index is 540. The number of methoxy groups -OCH3 is 1. The maximum Gasteiger partial charge on any atom is 0.309 e. The van der Waals surface area contributed by atoms with Crippen molar-refractivity contribution in [2.45, 2.75) is 39.5 Å². The zero-order valence-electron chi connectivity index (χ0n) is 12.9. The first-order valence-electron chi connectivity index (χ1n) is 7.46. The van der Waals surface area contributed by atoms with Crippen molar-refractivity contribution >= 4 is 11.5 Å². The summed E-state index contributed by atoms with van der Waals surface area (Å²) in [5, 5.41) is 8.35. The molecule has 0 spiro atoms. The maximum atomic E-state index is 11.7. The van der Waals surface area contributed by atoms with E-state index in [1.807, 2.05) is 13.0 Å². The number of allylic oxidation sites excluding steroid dienone is 2. The summed E-state index contributed by atoms with van der Waals surface area (Å²) >= 11 is 0. The van der Waals surface area contributed by atoms with Crippen LogP contribution < -0.4 is 4.74 Å². The molecule has 114 valence electrons. The number of esters is 1. The Kier molecular flexibility index (Phi) is 5.31. The zero-order chi connectivity index (χ0) is 15.2. The first-order valence-corrected chi connectivity index (χ1v) is 7.46. The number of hydrogen-bond acceptors (Lipinski definition) is 5. The predicted molar refractivity (Wildman–Crippen MR) is 79.9 cm³/mol. The Morgan fingerprint density at radius 1 is 1.38 bits per heavy atom. The molecule has 1 aromatic heterocycles. The molecule has 0 fully saturated rings. The molecule has 0 bridgehead atoms. The minimum atomic E-state index is -0.0946. The van der Waals surface area contributed by atoms with Crippen LogP contribution in [0.25, 0.3) is 5.57 Å². The molecule has 0 N–H and O–H groups in total. The Morgan fingerprint density at radius 3 is 2.76 bits per heavy atom. The van der Waals surface area contributed by atoms with Crippen molar-refractivity contribution in [3.8, 4) is 5.88 Å². The van der Waals surface area contributed by atoms with Crippen LogP contribution in [0.4, 0.5) is 0 Å². The average Bonchev–Trinajstić information content (AvgIpc) is 2.54. The van der Waals surface area contributed by atoms with Gasteiger partial charge in [0.1, 0.15) is 0 Å². The molecule has 0 aliphatic heterocycles. The van der Waals surface area contributed by atoms with E-state index in [2.05, 4.69) is 23.2 Å². The molecular formula is C16H22N2O3. The van der Waals surface area contributed by atoms with Crippen LogP contribution >= 0.6 is 0 Å². The molecule has 2 rings (SSSR count). The first-order chi connectivity index (χ1) is 10.2. The van der Waals surface area contributed by atoms with Gasteiger partial charge in [0.15, 0.2) is 0 Å². The van der Waals surface area contributed by atoms with Crippen LogP contribution in [0.2, 0.25) is 0 Å². The maximum absolute atomic E-state index is 11.7. The lowest BCUT2D eigenvalue weighted by Crippen LogP contribution is -2.19. The molecule has 1 aromatic rings. The fraction of sp³-hybridized carbons (Fsp3) is 0.562. The molecule has 1 unspecified atom stereocenters. The van der Waals surface area contributed by atoms with Gasteiger partial charge in [0.2, 0.25) is 5.88 Å². The first kappa shape index (κ1) is 15.5. The number of carbonyl (C=O) groups is 1. The SMILES string of the molecule is CCOC(=O)C1CC=C(c2cc(CC)c(OC)nn2)CC1. The fourth-order valence-corrected chi connectivity index (χ4v) is 2.54. The van der Waals surface area contributed by atoms with Crippen LogP contribution in [0.3, 0.4) is 0 Å². The van der Waals surface area contributed by atoms with Gasteiger partial charge in [0.05, 0.1) is 25.3 Å². The molecule has 1 aliphatic rings. The molecule has 0 saturated carbocycles. The van der Waals surface area contributed by atoms with E-state index in [4.69, 9.17) is 9.47 Å². The number of aromatic nitrogens is 2. The van der Waals surface area contributed by atoms with Crippen molar-refractivity contribution in [3.63, 3.8) is 0 Å². The van der Waals surface area contributed by atoms with Crippen LogP contribution in [-0.2, 0) is 16.0 Å². The number of carbonyl (C=O) groups excluding carboxylic acids is 1. The van der Waals surface area contributed by atoms with Crippen molar-refractivity contribution in [1.29, 1.82) is 0 Å². The van der Waals surface area contributed by atoms with E-state index in [1.165, 1.54) is 0 Å². The van der Waals surface area contributed by atoms with Crippen molar-refractivity contribution in [3.05, 3.63) is 23.4 Å². The lowest BCUT2D eigenvalue weighted by Gasteiger charge is -2.20. The van der Waals surface area contributed by atoms with Crippen LogP contribution in [0.15, 0.2) is 12.1 Å². The van der Waals surface area contributed by atoms with Gasteiger partial charge < -0.3 is 9.47 Å². The van der Waals surface area contributed by atoms with E-state index in [0.29, 0.717) is 18.9 Å². The Balaban J connectivity index is 2.12. The van der Waals surface area contributed by atoms with Gasteiger partial charge in [0, 0.05) is 5.56 Å². The molecule has 5 nitrogen and oxygen atoms in total. The minimum Gasteiger partial charge on any atom is -0.480 e. The van der Waals surface area contributed by atoms with Gasteiger partial charge in [-0.15, -0.1) is 10.2 Å². The molecule has 0 aromatic carbocycles. The summed E-state index contributed by atoms with van der Waals surface area (Å²) < 4.78 is 10.3. The minimum absolute atomic E-state index is 0.0226. The predicted octanol–water partition coefficient (Wildman–Crippen LogP) is 2.79. The van der Waals surface area contributed by atoms with Crippen molar-refractivity contribution in [1.82, 2.24) is 10.2 Å². The van der Waals surface area contributed by atoms with Gasteiger partial charge in [-0.05, 0) is 44.2 Å². The van der Waals surface area contributed by atoms with Crippen molar-refractivity contribution in [2.24, 2.45) is 5.92 Å². The second-order valence-electron chi connectivity index (χ2n) is 5.07. The second kappa shape index (κ2) is 7.20. The highest BCUT2D eigenvalue weighted by molar-refractivity contribution is 5.75. The van der Waals surface area contributed by atoms with Gasteiger partial charge in [-0.25, -0.2) is 0 Å². The second-order valence-corrected chi connectivity index (χ2v) is 5.07. The topological polar surface area (TPSA) is 61.3 Å². The highest BCUT2D eigenvalue weighted by Gasteiger charge is 2.23. The summed E-state index contributed by atoms with van der Waals surface area (Å²) in [5.74, 6) is 0.468. The number of aryl methyl sites for hydroxylation is 1. The molecule has 1 atom stereocenters. The van der Waals surface area contributed by atoms with E-state index >= 15 is 0 Å². The normalized spacial score (nSPS) is 18.0. The van der Waals surface area contributed by atoms with Crippen LogP contribution in [-0.4, -0.2) is 29.9 Å². The van der Waals surface area contributed by atoms with Crippen LogP contribution in [0.5, 0.6) is 5.88 Å². The van der Waals surface area contributed by atoms with Gasteiger partial charge in [-0.3, -0.25) is 4.79 Å². The molecule has 1 aliphatic carbocycles. The quantitative estimate of drug-likeness (QED) is 0.780. The molecule has 5 heteroatoms. The highest BCUT2D eigenvalue weighted by atomic mass is 16.5. The monoisotopic (exact) mass is 290 g/mol. The fourth-order valence-electron chi connectivity index (χ4n) is 2.54. The summed E-state index contributed by atoms with van der Waals surface area (Å²) in [7, 11) is 1.60. The molecule has 21 heavy (non-hydrogen) atoms. The third-order valence-corrected chi connectivity index (χ3v) is 3.77. The smallest absolute Gasteiger partial charge is 0.309 e. The van der Waals surface area contributed by atoms with Crippen molar-refractivity contribution in [2.75, 3.05) is 13.7 Å². The van der Waals surface area contributed by atoms with Crippen LogP contribution in [0, 0.1) is 5.92 Å². The van der Waals surface area contributed by atoms with Gasteiger partial charge in [0.25, 0.3) is 0 Å². The van der Waals surface area contributed by atoms with Gasteiger partial charge in [-0.2, -0.15) is 0 Å². The summed E-state index contributed by atoms with van der Waals surface area (Å²) in [5.41, 5.74) is 3.09. The van der Waals surface area contributed by atoms with Crippen molar-refractivity contribution < 1.29 is 14.3 Å². The third-order valence-electron chi connectivity index (χ3n) is 3.77. The lowest BCUT2D eigenvalue weighted by molar-refractivity contribution is -0.148. The summed E-state index contributed by atoms with van der Waals surface area (Å²) in [6.45, 7) is 4.34. The highest BCUT2D eigenvalue weighted by Crippen LogP contribution is 2.31. The Morgan fingerprint density at radius 2 is 2.19 bits per heavy atom. The standard InChI is InChI=1S/C16H22N2O3/c1-4-11-10-14(17-18-15(11)20-3)12-6-8-13(9-7-12)16(19)21-5-2/h6,10,13H,4-5,7-9H2,1-3H3. The summed E-state index contributed by atoms with van der Waals surface area (Å²) in [4.78, 5) is 11.7. The lowest BCUT2D eigenvalue weighted by atomic mass is 9.88. The summed E-state index contributed by atoms with van der Waals surface area (Å²) in [6.07, 6.45) is 5.28. The Labute approximate surface area is 125 Å². The molecule has 0 amide bonds. The number of rotatable bonds is 5. The van der Waals surface area contributed by atoms with E-state index < -0.39 is 0 Å². The summed E-state index contributed by atoms with van der Waals surface area (Å²) in [6, 6.07) is 2.03.